The number of benzene rings is 3. The van der Waals surface area contributed by atoms with E-state index < -0.39 is 11.8 Å². The molecular weight excluding hydrogens is 392 g/mol. The molecule has 1 aromatic heterocycles. The van der Waals surface area contributed by atoms with Crippen molar-refractivity contribution in [3.05, 3.63) is 114 Å². The monoisotopic (exact) mass is 412 g/mol. The first kappa shape index (κ1) is 19.6. The summed E-state index contributed by atoms with van der Waals surface area (Å²) in [5.41, 5.74) is 8.63. The lowest BCUT2D eigenvalue weighted by Crippen LogP contribution is -2.23. The fourth-order valence-electron chi connectivity index (χ4n) is 3.38. The standard InChI is InChI=1S/C25H20N2O2S/c26-23(28)20-16-21(17-10-4-1-5-11-17)30-25(20)27-24(29)22(18-12-6-2-7-13-18)19-14-8-3-9-15-19/h1-16,22H,(H2,26,28)(H,27,29). The van der Waals surface area contributed by atoms with Crippen LogP contribution in [0.25, 0.3) is 10.4 Å². The van der Waals surface area contributed by atoms with Crippen molar-refractivity contribution in [2.24, 2.45) is 5.73 Å². The maximum absolute atomic E-state index is 13.4. The Labute approximate surface area is 179 Å². The Bertz CT molecular complexity index is 1120. The van der Waals surface area contributed by atoms with E-state index >= 15 is 0 Å². The Hall–Kier alpha value is -3.70. The molecule has 0 saturated heterocycles. The van der Waals surface area contributed by atoms with E-state index in [4.69, 9.17) is 5.73 Å². The Morgan fingerprint density at radius 2 is 1.27 bits per heavy atom. The molecule has 0 atom stereocenters. The van der Waals surface area contributed by atoms with Crippen LogP contribution in [0.5, 0.6) is 0 Å². The number of nitrogens with two attached hydrogens (primary N) is 1. The first-order valence-corrected chi connectivity index (χ1v) is 10.3. The van der Waals surface area contributed by atoms with E-state index in [1.165, 1.54) is 11.3 Å². The minimum absolute atomic E-state index is 0.212. The van der Waals surface area contributed by atoms with Crippen LogP contribution in [-0.4, -0.2) is 11.8 Å². The molecule has 3 N–H and O–H groups in total. The van der Waals surface area contributed by atoms with Gasteiger partial charge in [0.1, 0.15) is 5.00 Å². The van der Waals surface area contributed by atoms with Gasteiger partial charge in [0.25, 0.3) is 5.91 Å². The van der Waals surface area contributed by atoms with Crippen LogP contribution in [0.2, 0.25) is 0 Å². The second kappa shape index (κ2) is 8.76. The summed E-state index contributed by atoms with van der Waals surface area (Å²) in [6, 6.07) is 30.6. The number of thiophene rings is 1. The third-order valence-electron chi connectivity index (χ3n) is 4.82. The van der Waals surface area contributed by atoms with Gasteiger partial charge in [0.15, 0.2) is 0 Å². The van der Waals surface area contributed by atoms with E-state index in [0.29, 0.717) is 10.6 Å². The van der Waals surface area contributed by atoms with E-state index in [0.717, 1.165) is 21.6 Å². The highest BCUT2D eigenvalue weighted by atomic mass is 32.1. The summed E-state index contributed by atoms with van der Waals surface area (Å²) in [7, 11) is 0. The first-order chi connectivity index (χ1) is 14.6. The van der Waals surface area contributed by atoms with E-state index in [9.17, 15) is 9.59 Å². The molecule has 0 radical (unpaired) electrons. The van der Waals surface area contributed by atoms with E-state index in [1.54, 1.807) is 6.07 Å². The number of amides is 2. The van der Waals surface area contributed by atoms with Crippen molar-refractivity contribution >= 4 is 28.2 Å². The quantitative estimate of drug-likeness (QED) is 0.452. The molecule has 0 bridgehead atoms. The summed E-state index contributed by atoms with van der Waals surface area (Å²) in [5, 5.41) is 3.42. The minimum Gasteiger partial charge on any atom is -0.366 e. The average Bonchev–Trinajstić information content (AvgIpc) is 3.20. The first-order valence-electron chi connectivity index (χ1n) is 9.53. The van der Waals surface area contributed by atoms with Crippen molar-refractivity contribution in [1.29, 1.82) is 0 Å². The molecule has 0 unspecified atom stereocenters. The fourth-order valence-corrected chi connectivity index (χ4v) is 4.45. The van der Waals surface area contributed by atoms with Gasteiger partial charge in [-0.25, -0.2) is 0 Å². The second-order valence-corrected chi connectivity index (χ2v) is 7.88. The van der Waals surface area contributed by atoms with Crippen LogP contribution in [0.3, 0.4) is 0 Å². The third-order valence-corrected chi connectivity index (χ3v) is 5.92. The Kier molecular flexibility index (Phi) is 5.72. The van der Waals surface area contributed by atoms with Gasteiger partial charge in [-0.2, -0.15) is 0 Å². The van der Waals surface area contributed by atoms with Crippen LogP contribution >= 0.6 is 11.3 Å². The zero-order chi connectivity index (χ0) is 20.9. The molecule has 3 aromatic carbocycles. The molecule has 4 rings (SSSR count). The molecule has 0 aliphatic heterocycles. The normalized spacial score (nSPS) is 10.7. The zero-order valence-electron chi connectivity index (χ0n) is 16.1. The van der Waals surface area contributed by atoms with Crippen molar-refractivity contribution in [3.8, 4) is 10.4 Å². The molecule has 4 nitrogen and oxygen atoms in total. The number of carbonyl (C=O) groups excluding carboxylic acids is 2. The van der Waals surface area contributed by atoms with E-state index in [-0.39, 0.29) is 5.91 Å². The number of carbonyl (C=O) groups is 2. The summed E-state index contributed by atoms with van der Waals surface area (Å²) in [4.78, 5) is 26.3. The van der Waals surface area contributed by atoms with Crippen molar-refractivity contribution in [2.75, 3.05) is 5.32 Å². The third kappa shape index (κ3) is 4.16. The van der Waals surface area contributed by atoms with Crippen LogP contribution in [0.1, 0.15) is 27.4 Å². The Morgan fingerprint density at radius 1 is 0.767 bits per heavy atom. The van der Waals surface area contributed by atoms with Crippen LogP contribution < -0.4 is 11.1 Å². The van der Waals surface area contributed by atoms with Crippen LogP contribution in [-0.2, 0) is 4.79 Å². The van der Waals surface area contributed by atoms with Crippen molar-refractivity contribution < 1.29 is 9.59 Å². The molecular formula is C25H20N2O2S. The maximum atomic E-state index is 13.4. The van der Waals surface area contributed by atoms with Crippen LogP contribution in [0, 0.1) is 0 Å². The summed E-state index contributed by atoms with van der Waals surface area (Å²) in [5.74, 6) is -1.29. The van der Waals surface area contributed by atoms with E-state index in [1.807, 2.05) is 91.0 Å². The Balaban J connectivity index is 1.71. The van der Waals surface area contributed by atoms with Gasteiger partial charge in [-0.05, 0) is 22.8 Å². The predicted octanol–water partition coefficient (Wildman–Crippen LogP) is 5.28. The molecule has 2 amide bonds. The van der Waals surface area contributed by atoms with Gasteiger partial charge in [-0.3, -0.25) is 9.59 Å². The molecule has 148 valence electrons. The number of hydrogen-bond acceptors (Lipinski definition) is 3. The SMILES string of the molecule is NC(=O)c1cc(-c2ccccc2)sc1NC(=O)C(c1ccccc1)c1ccccc1. The summed E-state index contributed by atoms with van der Waals surface area (Å²) < 4.78 is 0. The smallest absolute Gasteiger partial charge is 0.251 e. The summed E-state index contributed by atoms with van der Waals surface area (Å²) in [6.07, 6.45) is 0. The highest BCUT2D eigenvalue weighted by Gasteiger charge is 2.25. The molecule has 0 spiro atoms. The van der Waals surface area contributed by atoms with Crippen LogP contribution in [0.15, 0.2) is 97.1 Å². The lowest BCUT2D eigenvalue weighted by atomic mass is 9.90. The second-order valence-electron chi connectivity index (χ2n) is 6.83. The lowest BCUT2D eigenvalue weighted by Gasteiger charge is -2.17. The highest BCUT2D eigenvalue weighted by molar-refractivity contribution is 7.20. The molecule has 0 fully saturated rings. The fraction of sp³-hybridized carbons (Fsp3) is 0.0400. The predicted molar refractivity (Wildman–Crippen MR) is 122 cm³/mol. The van der Waals surface area contributed by atoms with Gasteiger partial charge in [-0.1, -0.05) is 91.0 Å². The summed E-state index contributed by atoms with van der Waals surface area (Å²) in [6.45, 7) is 0. The van der Waals surface area contributed by atoms with Crippen LogP contribution in [0.4, 0.5) is 5.00 Å². The molecule has 30 heavy (non-hydrogen) atoms. The molecule has 0 saturated carbocycles. The van der Waals surface area contributed by atoms with Gasteiger partial charge in [0.05, 0.1) is 11.5 Å². The zero-order valence-corrected chi connectivity index (χ0v) is 16.9. The van der Waals surface area contributed by atoms with Gasteiger partial charge in [0, 0.05) is 4.88 Å². The van der Waals surface area contributed by atoms with Crippen molar-refractivity contribution in [3.63, 3.8) is 0 Å². The number of anilines is 1. The van der Waals surface area contributed by atoms with Gasteiger partial charge >= 0.3 is 0 Å². The number of hydrogen-bond donors (Lipinski definition) is 2. The largest absolute Gasteiger partial charge is 0.366 e. The molecule has 4 aromatic rings. The van der Waals surface area contributed by atoms with Gasteiger partial charge in [-0.15, -0.1) is 11.3 Å². The number of primary amides is 1. The number of nitrogens with one attached hydrogen (secondary N) is 1. The average molecular weight is 413 g/mol. The Morgan fingerprint density at radius 3 is 1.77 bits per heavy atom. The summed E-state index contributed by atoms with van der Waals surface area (Å²) >= 11 is 1.34. The highest BCUT2D eigenvalue weighted by Crippen LogP contribution is 2.36. The lowest BCUT2D eigenvalue weighted by molar-refractivity contribution is -0.116. The molecule has 0 aliphatic carbocycles. The van der Waals surface area contributed by atoms with Gasteiger partial charge < -0.3 is 11.1 Å². The topological polar surface area (TPSA) is 72.2 Å². The molecule has 0 aliphatic rings. The number of rotatable bonds is 6. The molecule has 5 heteroatoms. The van der Waals surface area contributed by atoms with Crippen molar-refractivity contribution in [1.82, 2.24) is 0 Å². The molecule has 1 heterocycles. The van der Waals surface area contributed by atoms with E-state index in [2.05, 4.69) is 5.32 Å². The maximum Gasteiger partial charge on any atom is 0.251 e. The van der Waals surface area contributed by atoms with Crippen molar-refractivity contribution in [2.45, 2.75) is 5.92 Å². The minimum atomic E-state index is -0.570. The van der Waals surface area contributed by atoms with Gasteiger partial charge in [0.2, 0.25) is 5.91 Å².